The third-order valence-electron chi connectivity index (χ3n) is 3.88. The van der Waals surface area contributed by atoms with Crippen LogP contribution in [0.3, 0.4) is 0 Å². The Hall–Kier alpha value is -1.94. The molecule has 0 aliphatic carbocycles. The van der Waals surface area contributed by atoms with Gasteiger partial charge in [0.25, 0.3) is 0 Å². The summed E-state index contributed by atoms with van der Waals surface area (Å²) < 4.78 is 19.2. The van der Waals surface area contributed by atoms with Gasteiger partial charge in [0.1, 0.15) is 11.6 Å². The Kier molecular flexibility index (Phi) is 5.50. The largest absolute Gasteiger partial charge is 0.497 e. The van der Waals surface area contributed by atoms with Gasteiger partial charge in [-0.15, -0.1) is 0 Å². The fourth-order valence-electron chi connectivity index (χ4n) is 2.04. The van der Waals surface area contributed by atoms with Gasteiger partial charge in [0.05, 0.1) is 18.5 Å². The topological polar surface area (TPSA) is 34.1 Å². The molecule has 0 radical (unpaired) electrons. The molecule has 118 valence electrons. The van der Waals surface area contributed by atoms with Crippen molar-refractivity contribution in [1.82, 2.24) is 10.3 Å². The number of benzene rings is 1. The molecule has 2 aromatic rings. The number of hydrogen-bond donors (Lipinski definition) is 1. The number of nitrogens with zero attached hydrogens (tertiary/aromatic N) is 1. The van der Waals surface area contributed by atoms with Gasteiger partial charge < -0.3 is 10.1 Å². The maximum absolute atomic E-state index is 14.0. The zero-order valence-electron chi connectivity index (χ0n) is 13.6. The van der Waals surface area contributed by atoms with E-state index >= 15 is 0 Å². The molecule has 0 saturated carbocycles. The van der Waals surface area contributed by atoms with Gasteiger partial charge in [-0.05, 0) is 37.1 Å². The van der Waals surface area contributed by atoms with Crippen molar-refractivity contribution >= 4 is 0 Å². The Morgan fingerprint density at radius 2 is 1.95 bits per heavy atom. The highest BCUT2D eigenvalue weighted by atomic mass is 19.1. The van der Waals surface area contributed by atoms with Crippen LogP contribution in [0.4, 0.5) is 4.39 Å². The van der Waals surface area contributed by atoms with Crippen LogP contribution in [0, 0.1) is 11.7 Å². The van der Waals surface area contributed by atoms with Crippen LogP contribution in [0.25, 0.3) is 11.3 Å². The molecule has 0 spiro atoms. The lowest BCUT2D eigenvalue weighted by Crippen LogP contribution is -2.30. The molecule has 0 amide bonds. The predicted molar refractivity (Wildman–Crippen MR) is 87.3 cm³/mol. The van der Waals surface area contributed by atoms with Crippen molar-refractivity contribution in [2.45, 2.75) is 33.4 Å². The Morgan fingerprint density at radius 1 is 1.18 bits per heavy atom. The summed E-state index contributed by atoms with van der Waals surface area (Å²) >= 11 is 0. The number of hydrogen-bond acceptors (Lipinski definition) is 3. The van der Waals surface area contributed by atoms with Gasteiger partial charge in [-0.2, -0.15) is 0 Å². The first kappa shape index (κ1) is 16.4. The smallest absolute Gasteiger partial charge is 0.146 e. The second-order valence-electron chi connectivity index (χ2n) is 5.77. The molecule has 1 atom stereocenters. The van der Waals surface area contributed by atoms with E-state index in [1.54, 1.807) is 13.2 Å². The van der Waals surface area contributed by atoms with E-state index in [1.165, 1.54) is 6.07 Å². The molecule has 1 N–H and O–H groups in total. The van der Waals surface area contributed by atoms with Crippen LogP contribution in [-0.2, 0) is 6.54 Å². The van der Waals surface area contributed by atoms with Gasteiger partial charge in [0, 0.05) is 18.2 Å². The number of aromatic nitrogens is 1. The molecule has 0 aliphatic heterocycles. The highest BCUT2D eigenvalue weighted by Crippen LogP contribution is 2.23. The molecule has 22 heavy (non-hydrogen) atoms. The van der Waals surface area contributed by atoms with Crippen molar-refractivity contribution in [3.05, 3.63) is 47.9 Å². The third-order valence-corrected chi connectivity index (χ3v) is 3.88. The summed E-state index contributed by atoms with van der Waals surface area (Å²) in [5.74, 6) is 0.969. The minimum Gasteiger partial charge on any atom is -0.497 e. The summed E-state index contributed by atoms with van der Waals surface area (Å²) in [5.41, 5.74) is 2.10. The predicted octanol–water partition coefficient (Wildman–Crippen LogP) is 4.03. The van der Waals surface area contributed by atoms with Crippen LogP contribution in [0.15, 0.2) is 36.4 Å². The van der Waals surface area contributed by atoms with E-state index in [9.17, 15) is 4.39 Å². The van der Waals surface area contributed by atoms with Crippen molar-refractivity contribution in [3.63, 3.8) is 0 Å². The van der Waals surface area contributed by atoms with Crippen molar-refractivity contribution in [2.24, 2.45) is 5.92 Å². The van der Waals surface area contributed by atoms with E-state index in [4.69, 9.17) is 4.74 Å². The Bertz CT molecular complexity index is 628. The standard InChI is InChI=1S/C18H23FN2O/c1-12(2)13(3)20-11-18-16(19)8-9-17(21-18)14-6-5-7-15(10-14)22-4/h5-10,12-13,20H,11H2,1-4H3/t13-/m1/s1. The summed E-state index contributed by atoms with van der Waals surface area (Å²) in [6, 6.07) is 11.1. The molecule has 3 nitrogen and oxygen atoms in total. The van der Waals surface area contributed by atoms with Gasteiger partial charge in [0.15, 0.2) is 0 Å². The lowest BCUT2D eigenvalue weighted by molar-refractivity contribution is 0.415. The van der Waals surface area contributed by atoms with E-state index in [2.05, 4.69) is 31.1 Å². The summed E-state index contributed by atoms with van der Waals surface area (Å²) in [7, 11) is 1.62. The highest BCUT2D eigenvalue weighted by Gasteiger charge is 2.11. The first-order valence-electron chi connectivity index (χ1n) is 7.54. The zero-order chi connectivity index (χ0) is 16.1. The average molecular weight is 302 g/mol. The fourth-order valence-corrected chi connectivity index (χ4v) is 2.04. The second-order valence-corrected chi connectivity index (χ2v) is 5.77. The van der Waals surface area contributed by atoms with Crippen molar-refractivity contribution in [3.8, 4) is 17.0 Å². The Balaban J connectivity index is 2.22. The quantitative estimate of drug-likeness (QED) is 0.874. The number of nitrogens with one attached hydrogen (secondary N) is 1. The second kappa shape index (κ2) is 7.36. The molecular formula is C18H23FN2O. The minimum atomic E-state index is -0.282. The third kappa shape index (κ3) is 4.04. The van der Waals surface area contributed by atoms with Crippen LogP contribution in [0.1, 0.15) is 26.5 Å². The van der Waals surface area contributed by atoms with Crippen molar-refractivity contribution in [1.29, 1.82) is 0 Å². The molecule has 1 aromatic heterocycles. The van der Waals surface area contributed by atoms with E-state index in [1.807, 2.05) is 24.3 Å². The van der Waals surface area contributed by atoms with Crippen LogP contribution >= 0.6 is 0 Å². The van der Waals surface area contributed by atoms with Crippen LogP contribution < -0.4 is 10.1 Å². The Morgan fingerprint density at radius 3 is 2.64 bits per heavy atom. The Labute approximate surface area is 131 Å². The monoisotopic (exact) mass is 302 g/mol. The van der Waals surface area contributed by atoms with Gasteiger partial charge in [-0.25, -0.2) is 9.37 Å². The number of pyridine rings is 1. The van der Waals surface area contributed by atoms with Gasteiger partial charge in [-0.3, -0.25) is 0 Å². The summed E-state index contributed by atoms with van der Waals surface area (Å²) in [4.78, 5) is 4.46. The van der Waals surface area contributed by atoms with Crippen LogP contribution in [-0.4, -0.2) is 18.1 Å². The molecule has 0 bridgehead atoms. The van der Waals surface area contributed by atoms with Crippen LogP contribution in [0.2, 0.25) is 0 Å². The minimum absolute atomic E-state index is 0.282. The van der Waals surface area contributed by atoms with E-state index in [-0.39, 0.29) is 5.82 Å². The highest BCUT2D eigenvalue weighted by molar-refractivity contribution is 5.61. The first-order valence-corrected chi connectivity index (χ1v) is 7.54. The number of methoxy groups -OCH3 is 1. The maximum atomic E-state index is 14.0. The lowest BCUT2D eigenvalue weighted by Gasteiger charge is -2.17. The number of ether oxygens (including phenoxy) is 1. The summed E-state index contributed by atoms with van der Waals surface area (Å²) in [5, 5.41) is 3.31. The molecule has 4 heteroatoms. The molecule has 0 unspecified atom stereocenters. The number of rotatable bonds is 6. The van der Waals surface area contributed by atoms with Gasteiger partial charge in [-0.1, -0.05) is 26.0 Å². The van der Waals surface area contributed by atoms with Crippen molar-refractivity contribution < 1.29 is 9.13 Å². The summed E-state index contributed by atoms with van der Waals surface area (Å²) in [6.45, 7) is 6.78. The SMILES string of the molecule is COc1cccc(-c2ccc(F)c(CN[C@H](C)C(C)C)n2)c1. The van der Waals surface area contributed by atoms with Gasteiger partial charge in [0.2, 0.25) is 0 Å². The van der Waals surface area contributed by atoms with Crippen molar-refractivity contribution in [2.75, 3.05) is 7.11 Å². The van der Waals surface area contributed by atoms with Gasteiger partial charge >= 0.3 is 0 Å². The van der Waals surface area contributed by atoms with E-state index in [0.717, 1.165) is 17.0 Å². The van der Waals surface area contributed by atoms with E-state index in [0.29, 0.717) is 24.2 Å². The normalized spacial score (nSPS) is 12.5. The zero-order valence-corrected chi connectivity index (χ0v) is 13.6. The average Bonchev–Trinajstić information content (AvgIpc) is 2.53. The molecule has 0 aliphatic rings. The molecule has 1 aromatic carbocycles. The van der Waals surface area contributed by atoms with E-state index < -0.39 is 0 Å². The maximum Gasteiger partial charge on any atom is 0.146 e. The molecule has 0 saturated heterocycles. The molecule has 0 fully saturated rings. The molecular weight excluding hydrogens is 279 g/mol. The molecule has 1 heterocycles. The number of halogens is 1. The first-order chi connectivity index (χ1) is 10.5. The van der Waals surface area contributed by atoms with Crippen LogP contribution in [0.5, 0.6) is 5.75 Å². The summed E-state index contributed by atoms with van der Waals surface area (Å²) in [6.07, 6.45) is 0. The lowest BCUT2D eigenvalue weighted by atomic mass is 10.1. The fraction of sp³-hybridized carbons (Fsp3) is 0.389. The molecule has 2 rings (SSSR count).